The van der Waals surface area contributed by atoms with Gasteiger partial charge in [-0.15, -0.1) is 11.6 Å². The summed E-state index contributed by atoms with van der Waals surface area (Å²) >= 11 is 9.17. The first kappa shape index (κ1) is 14.3. The first-order valence-electron chi connectivity index (χ1n) is 5.88. The molecule has 2 aromatic heterocycles. The van der Waals surface area contributed by atoms with Gasteiger partial charge >= 0.3 is 0 Å². The van der Waals surface area contributed by atoms with Gasteiger partial charge in [-0.3, -0.25) is 4.79 Å². The molecule has 1 atom stereocenters. The Morgan fingerprint density at radius 2 is 2.37 bits per heavy atom. The maximum Gasteiger partial charge on any atom is 0.242 e. The maximum atomic E-state index is 11.8. The van der Waals surface area contributed by atoms with E-state index in [9.17, 15) is 4.79 Å². The Bertz CT molecular complexity index is 613. The Hall–Kier alpha value is -1.14. The molecular formula is C12H14BrClN4O. The summed E-state index contributed by atoms with van der Waals surface area (Å²) in [5, 5.41) is 2.64. The van der Waals surface area contributed by atoms with Crippen LogP contribution in [-0.2, 0) is 11.2 Å². The molecule has 1 amide bonds. The number of rotatable bonds is 4. The summed E-state index contributed by atoms with van der Waals surface area (Å²) < 4.78 is 2.69. The molecule has 1 N–H and O–H groups in total. The molecule has 5 nitrogen and oxygen atoms in total. The van der Waals surface area contributed by atoms with Crippen molar-refractivity contribution < 1.29 is 4.79 Å². The highest BCUT2D eigenvalue weighted by molar-refractivity contribution is 9.10. The van der Waals surface area contributed by atoms with E-state index in [0.717, 1.165) is 15.8 Å². The van der Waals surface area contributed by atoms with Crippen LogP contribution in [0, 0.1) is 0 Å². The fourth-order valence-corrected chi connectivity index (χ4v) is 2.49. The van der Waals surface area contributed by atoms with Crippen molar-refractivity contribution in [1.29, 1.82) is 0 Å². The van der Waals surface area contributed by atoms with E-state index in [2.05, 4.69) is 31.2 Å². The van der Waals surface area contributed by atoms with Crippen LogP contribution >= 0.6 is 27.5 Å². The third-order valence-corrected chi connectivity index (χ3v) is 3.52. The Kier molecular flexibility index (Phi) is 4.42. The molecule has 2 rings (SSSR count). The quantitative estimate of drug-likeness (QED) is 0.865. The molecule has 2 aromatic rings. The summed E-state index contributed by atoms with van der Waals surface area (Å²) in [5.41, 5.74) is 1.45. The van der Waals surface area contributed by atoms with E-state index in [1.807, 2.05) is 17.6 Å². The van der Waals surface area contributed by atoms with Crippen LogP contribution < -0.4 is 5.32 Å². The molecule has 0 aliphatic rings. The number of nitrogens with one attached hydrogen (secondary N) is 1. The van der Waals surface area contributed by atoms with Crippen molar-refractivity contribution in [1.82, 2.24) is 19.9 Å². The average Bonchev–Trinajstić information content (AvgIpc) is 2.74. The topological polar surface area (TPSA) is 59.8 Å². The first-order chi connectivity index (χ1) is 9.08. The molecule has 0 radical (unpaired) electrons. The molecule has 0 aliphatic carbocycles. The predicted octanol–water partition coefficient (Wildman–Crippen LogP) is 2.28. The number of carbonyl (C=O) groups is 1. The highest BCUT2D eigenvalue weighted by atomic mass is 79.9. The van der Waals surface area contributed by atoms with Gasteiger partial charge in [0.05, 0.1) is 0 Å². The molecule has 19 heavy (non-hydrogen) atoms. The summed E-state index contributed by atoms with van der Waals surface area (Å²) in [6, 6.07) is 1.51. The van der Waals surface area contributed by atoms with E-state index >= 15 is 0 Å². The second kappa shape index (κ2) is 5.88. The molecule has 2 heterocycles. The van der Waals surface area contributed by atoms with Crippen LogP contribution in [0.3, 0.4) is 0 Å². The van der Waals surface area contributed by atoms with Crippen LogP contribution in [-0.4, -0.2) is 33.4 Å². The number of pyridine rings is 1. The van der Waals surface area contributed by atoms with Crippen LogP contribution in [0.5, 0.6) is 0 Å². The first-order valence-corrected chi connectivity index (χ1v) is 7.21. The minimum absolute atomic E-state index is 0.0835. The van der Waals surface area contributed by atoms with Gasteiger partial charge in [0, 0.05) is 30.0 Å². The number of aromatic nitrogens is 3. The number of likely N-dealkylation sites (N-methyl/N-ethyl adjacent to an activating group) is 1. The lowest BCUT2D eigenvalue weighted by molar-refractivity contribution is -0.123. The number of imidazole rings is 1. The van der Waals surface area contributed by atoms with Crippen molar-refractivity contribution >= 4 is 44.6 Å². The van der Waals surface area contributed by atoms with Gasteiger partial charge in [-0.2, -0.15) is 0 Å². The van der Waals surface area contributed by atoms with Gasteiger partial charge in [-0.25, -0.2) is 9.97 Å². The smallest absolute Gasteiger partial charge is 0.242 e. The van der Waals surface area contributed by atoms with Gasteiger partial charge in [-0.1, -0.05) is 0 Å². The Morgan fingerprint density at radius 3 is 3.00 bits per heavy atom. The number of hydrogen-bond acceptors (Lipinski definition) is 3. The molecule has 7 heteroatoms. The van der Waals surface area contributed by atoms with Gasteiger partial charge in [0.1, 0.15) is 17.4 Å². The maximum absolute atomic E-state index is 11.8. The predicted molar refractivity (Wildman–Crippen MR) is 78.4 cm³/mol. The number of nitrogens with zero attached hydrogens (tertiary/aromatic N) is 3. The molecule has 0 aliphatic heterocycles. The average molecular weight is 346 g/mol. The highest BCUT2D eigenvalue weighted by Gasteiger charge is 2.21. The number of hydrogen-bond donors (Lipinski definition) is 1. The van der Waals surface area contributed by atoms with Crippen molar-refractivity contribution in [3.63, 3.8) is 0 Å². The molecule has 0 fully saturated rings. The third kappa shape index (κ3) is 2.74. The standard InChI is InChI=1S/C12H14BrClN4O/c1-7(12(19)15-2)18-10(3-4-14)17-9-5-8(13)6-16-11(9)18/h5-7H,3-4H2,1-2H3,(H,15,19). The number of halogens is 2. The zero-order valence-corrected chi connectivity index (χ0v) is 13.0. The van der Waals surface area contributed by atoms with E-state index in [1.165, 1.54) is 0 Å². The minimum Gasteiger partial charge on any atom is -0.357 e. The van der Waals surface area contributed by atoms with Crippen LogP contribution in [0.1, 0.15) is 18.8 Å². The van der Waals surface area contributed by atoms with Gasteiger partial charge < -0.3 is 9.88 Å². The van der Waals surface area contributed by atoms with Gasteiger partial charge in [0.2, 0.25) is 5.91 Å². The third-order valence-electron chi connectivity index (χ3n) is 2.90. The number of amides is 1. The second-order valence-corrected chi connectivity index (χ2v) is 5.42. The lowest BCUT2D eigenvalue weighted by Gasteiger charge is -2.15. The van der Waals surface area contributed by atoms with E-state index in [4.69, 9.17) is 11.6 Å². The lowest BCUT2D eigenvalue weighted by atomic mass is 10.3. The fourth-order valence-electron chi connectivity index (χ4n) is 2.00. The zero-order valence-electron chi connectivity index (χ0n) is 10.7. The molecular weight excluding hydrogens is 332 g/mol. The van der Waals surface area contributed by atoms with Crippen molar-refractivity contribution in [2.75, 3.05) is 12.9 Å². The van der Waals surface area contributed by atoms with Crippen molar-refractivity contribution in [2.24, 2.45) is 0 Å². The Balaban J connectivity index is 2.61. The van der Waals surface area contributed by atoms with Gasteiger partial charge in [0.15, 0.2) is 5.65 Å². The van der Waals surface area contributed by atoms with E-state index in [0.29, 0.717) is 17.9 Å². The Labute approximate surface area is 124 Å². The van der Waals surface area contributed by atoms with Crippen molar-refractivity contribution in [3.05, 3.63) is 22.6 Å². The number of fused-ring (bicyclic) bond motifs is 1. The van der Waals surface area contributed by atoms with Crippen LogP contribution in [0.4, 0.5) is 0 Å². The van der Waals surface area contributed by atoms with E-state index in [1.54, 1.807) is 13.2 Å². The van der Waals surface area contributed by atoms with Gasteiger partial charge in [0.25, 0.3) is 0 Å². The van der Waals surface area contributed by atoms with Crippen LogP contribution in [0.15, 0.2) is 16.7 Å². The normalized spacial score (nSPS) is 12.6. The summed E-state index contributed by atoms with van der Waals surface area (Å²) in [5.74, 6) is 1.14. The number of alkyl halides is 1. The molecule has 0 saturated heterocycles. The van der Waals surface area contributed by atoms with Crippen molar-refractivity contribution in [3.8, 4) is 0 Å². The highest BCUT2D eigenvalue weighted by Crippen LogP contribution is 2.23. The van der Waals surface area contributed by atoms with Crippen molar-refractivity contribution in [2.45, 2.75) is 19.4 Å². The summed E-state index contributed by atoms with van der Waals surface area (Å²) in [4.78, 5) is 20.7. The number of carbonyl (C=O) groups excluding carboxylic acids is 1. The molecule has 0 saturated carbocycles. The minimum atomic E-state index is -0.373. The van der Waals surface area contributed by atoms with Gasteiger partial charge in [-0.05, 0) is 28.9 Å². The lowest BCUT2D eigenvalue weighted by Crippen LogP contribution is -2.29. The molecule has 1 unspecified atom stereocenters. The van der Waals surface area contributed by atoms with E-state index in [-0.39, 0.29) is 11.9 Å². The summed E-state index contributed by atoms with van der Waals surface area (Å²) in [7, 11) is 1.61. The monoisotopic (exact) mass is 344 g/mol. The molecule has 0 aromatic carbocycles. The Morgan fingerprint density at radius 1 is 1.63 bits per heavy atom. The second-order valence-electron chi connectivity index (χ2n) is 4.12. The summed E-state index contributed by atoms with van der Waals surface area (Å²) in [6.45, 7) is 1.82. The van der Waals surface area contributed by atoms with Crippen LogP contribution in [0.25, 0.3) is 11.2 Å². The molecule has 0 spiro atoms. The van der Waals surface area contributed by atoms with E-state index < -0.39 is 0 Å². The SMILES string of the molecule is CNC(=O)C(C)n1c(CCCl)nc2cc(Br)cnc21. The number of aryl methyl sites for hydroxylation is 1. The molecule has 0 bridgehead atoms. The largest absolute Gasteiger partial charge is 0.357 e. The fraction of sp³-hybridized carbons (Fsp3) is 0.417. The molecule has 102 valence electrons. The summed E-state index contributed by atoms with van der Waals surface area (Å²) in [6.07, 6.45) is 2.29. The zero-order chi connectivity index (χ0) is 14.0. The van der Waals surface area contributed by atoms with Crippen LogP contribution in [0.2, 0.25) is 0 Å².